The lowest BCUT2D eigenvalue weighted by atomic mass is 9.99. The second-order valence-electron chi connectivity index (χ2n) is 7.61. The monoisotopic (exact) mass is 343 g/mol. The fourth-order valence-corrected chi connectivity index (χ4v) is 3.47. The Kier molecular flexibility index (Phi) is 3.91. The molecular formula is C18H25N5O2. The van der Waals surface area contributed by atoms with E-state index in [1.54, 1.807) is 10.7 Å². The second-order valence-corrected chi connectivity index (χ2v) is 7.61. The third-order valence-corrected chi connectivity index (χ3v) is 5.26. The van der Waals surface area contributed by atoms with Crippen LogP contribution < -0.4 is 10.2 Å². The number of carbonyl (C=O) groups is 1. The topological polar surface area (TPSA) is 71.8 Å². The minimum atomic E-state index is -0.209. The number of nitrogens with zero attached hydrogens (tertiary/aromatic N) is 4. The van der Waals surface area contributed by atoms with Crippen molar-refractivity contribution in [2.75, 3.05) is 31.2 Å². The van der Waals surface area contributed by atoms with Crippen LogP contribution in [0.3, 0.4) is 0 Å². The maximum atomic E-state index is 12.8. The Hall–Kier alpha value is -2.15. The Morgan fingerprint density at radius 3 is 2.72 bits per heavy atom. The Labute approximate surface area is 147 Å². The number of anilines is 1. The first-order valence-electron chi connectivity index (χ1n) is 8.96. The van der Waals surface area contributed by atoms with Crippen LogP contribution in [0.1, 0.15) is 42.9 Å². The summed E-state index contributed by atoms with van der Waals surface area (Å²) in [6.07, 6.45) is 4.08. The first-order valence-corrected chi connectivity index (χ1v) is 8.96. The van der Waals surface area contributed by atoms with Gasteiger partial charge >= 0.3 is 0 Å². The predicted octanol–water partition coefficient (Wildman–Crippen LogP) is 1.79. The summed E-state index contributed by atoms with van der Waals surface area (Å²) in [6, 6.07) is 2.05. The molecule has 0 unspecified atom stereocenters. The molecule has 1 amide bonds. The molecule has 2 aliphatic rings. The predicted molar refractivity (Wildman–Crippen MR) is 95.0 cm³/mol. The van der Waals surface area contributed by atoms with Crippen LogP contribution in [0.4, 0.5) is 5.82 Å². The SMILES string of the molecule is Cc1cc(N2CCOCC2)nn2c(C(=O)NC(C)(C)C3CC3)ncc12. The van der Waals surface area contributed by atoms with E-state index in [0.717, 1.165) is 30.0 Å². The van der Waals surface area contributed by atoms with Gasteiger partial charge in [-0.2, -0.15) is 0 Å². The number of nitrogens with one attached hydrogen (secondary N) is 1. The zero-order chi connectivity index (χ0) is 17.6. The number of morpholine rings is 1. The summed E-state index contributed by atoms with van der Waals surface area (Å²) in [5, 5.41) is 7.83. The van der Waals surface area contributed by atoms with Crippen molar-refractivity contribution in [3.05, 3.63) is 23.7 Å². The normalized spacial score (nSPS) is 18.6. The molecule has 3 heterocycles. The van der Waals surface area contributed by atoms with Gasteiger partial charge in [0.05, 0.1) is 24.9 Å². The number of carbonyl (C=O) groups excluding carboxylic acids is 1. The number of hydrogen-bond acceptors (Lipinski definition) is 5. The highest BCUT2D eigenvalue weighted by Gasteiger charge is 2.39. The van der Waals surface area contributed by atoms with Crippen molar-refractivity contribution in [2.24, 2.45) is 5.92 Å². The van der Waals surface area contributed by atoms with Crippen LogP contribution in [-0.2, 0) is 4.74 Å². The Bertz CT molecular complexity index is 803. The van der Waals surface area contributed by atoms with Gasteiger partial charge in [-0.1, -0.05) is 0 Å². The molecule has 7 heteroatoms. The van der Waals surface area contributed by atoms with Crippen LogP contribution in [-0.4, -0.2) is 52.3 Å². The average molecular weight is 343 g/mol. The van der Waals surface area contributed by atoms with Gasteiger partial charge in [-0.25, -0.2) is 9.50 Å². The van der Waals surface area contributed by atoms with E-state index < -0.39 is 0 Å². The number of hydrogen-bond donors (Lipinski definition) is 1. The maximum Gasteiger partial charge on any atom is 0.289 e. The number of amides is 1. The van der Waals surface area contributed by atoms with Crippen molar-refractivity contribution in [2.45, 2.75) is 39.2 Å². The summed E-state index contributed by atoms with van der Waals surface area (Å²) in [7, 11) is 0. The molecule has 2 fully saturated rings. The van der Waals surface area contributed by atoms with Crippen LogP contribution >= 0.6 is 0 Å². The molecule has 1 saturated carbocycles. The van der Waals surface area contributed by atoms with Crippen LogP contribution in [0.5, 0.6) is 0 Å². The van der Waals surface area contributed by atoms with E-state index in [-0.39, 0.29) is 11.4 Å². The number of ether oxygens (including phenoxy) is 1. The standard InChI is InChI=1S/C18H25N5O2/c1-12-10-15(22-6-8-25-9-7-22)21-23-14(12)11-19-16(23)17(24)20-18(2,3)13-4-5-13/h10-11,13H,4-9H2,1-3H3,(H,20,24). The molecular weight excluding hydrogens is 318 g/mol. The van der Waals surface area contributed by atoms with Gasteiger partial charge in [-0.15, -0.1) is 5.10 Å². The lowest BCUT2D eigenvalue weighted by Crippen LogP contribution is -2.46. The van der Waals surface area contributed by atoms with Crippen molar-refractivity contribution in [1.29, 1.82) is 0 Å². The zero-order valence-corrected chi connectivity index (χ0v) is 15.1. The van der Waals surface area contributed by atoms with Crippen LogP contribution in [0.25, 0.3) is 5.52 Å². The number of fused-ring (bicyclic) bond motifs is 1. The van der Waals surface area contributed by atoms with Gasteiger partial charge in [-0.05, 0) is 51.2 Å². The molecule has 2 aromatic heterocycles. The highest BCUT2D eigenvalue weighted by atomic mass is 16.5. The molecule has 0 aromatic carbocycles. The van der Waals surface area contributed by atoms with Crippen LogP contribution in [0, 0.1) is 12.8 Å². The molecule has 0 radical (unpaired) electrons. The van der Waals surface area contributed by atoms with Gasteiger partial charge < -0.3 is 15.0 Å². The Morgan fingerprint density at radius 1 is 1.32 bits per heavy atom. The van der Waals surface area contributed by atoms with E-state index in [2.05, 4.69) is 35.1 Å². The van der Waals surface area contributed by atoms with E-state index in [4.69, 9.17) is 9.84 Å². The number of imidazole rings is 1. The van der Waals surface area contributed by atoms with Crippen molar-refractivity contribution in [3.63, 3.8) is 0 Å². The number of rotatable bonds is 4. The summed E-state index contributed by atoms with van der Waals surface area (Å²) in [4.78, 5) is 19.3. The molecule has 1 aliphatic carbocycles. The van der Waals surface area contributed by atoms with Gasteiger partial charge in [0, 0.05) is 18.6 Å². The summed E-state index contributed by atoms with van der Waals surface area (Å²) in [6.45, 7) is 9.20. The van der Waals surface area contributed by atoms with Crippen LogP contribution in [0.2, 0.25) is 0 Å². The van der Waals surface area contributed by atoms with Crippen molar-refractivity contribution < 1.29 is 9.53 Å². The largest absolute Gasteiger partial charge is 0.378 e. The van der Waals surface area contributed by atoms with E-state index >= 15 is 0 Å². The summed E-state index contributed by atoms with van der Waals surface area (Å²) < 4.78 is 7.10. The fraction of sp³-hybridized carbons (Fsp3) is 0.611. The first-order chi connectivity index (χ1) is 12.0. The first kappa shape index (κ1) is 16.3. The van der Waals surface area contributed by atoms with Gasteiger partial charge in [0.1, 0.15) is 5.82 Å². The molecule has 1 aliphatic heterocycles. The molecule has 134 valence electrons. The van der Waals surface area contributed by atoms with E-state index in [1.165, 1.54) is 12.8 Å². The minimum Gasteiger partial charge on any atom is -0.378 e. The fourth-order valence-electron chi connectivity index (χ4n) is 3.47. The molecule has 1 N–H and O–H groups in total. The maximum absolute atomic E-state index is 12.8. The Morgan fingerprint density at radius 2 is 2.04 bits per heavy atom. The van der Waals surface area contributed by atoms with Crippen LogP contribution in [0.15, 0.2) is 12.3 Å². The minimum absolute atomic E-state index is 0.164. The van der Waals surface area contributed by atoms with Crippen molar-refractivity contribution in [1.82, 2.24) is 19.9 Å². The molecule has 4 rings (SSSR count). The summed E-state index contributed by atoms with van der Waals surface area (Å²) >= 11 is 0. The Balaban J connectivity index is 1.67. The molecule has 1 saturated heterocycles. The zero-order valence-electron chi connectivity index (χ0n) is 15.1. The van der Waals surface area contributed by atoms with E-state index in [0.29, 0.717) is 25.0 Å². The molecule has 2 aromatic rings. The smallest absolute Gasteiger partial charge is 0.289 e. The van der Waals surface area contributed by atoms with E-state index in [9.17, 15) is 4.79 Å². The van der Waals surface area contributed by atoms with Gasteiger partial charge in [0.25, 0.3) is 5.91 Å². The molecule has 25 heavy (non-hydrogen) atoms. The van der Waals surface area contributed by atoms with Gasteiger partial charge in [-0.3, -0.25) is 4.79 Å². The lowest BCUT2D eigenvalue weighted by Gasteiger charge is -2.28. The van der Waals surface area contributed by atoms with Gasteiger partial charge in [0.2, 0.25) is 5.82 Å². The summed E-state index contributed by atoms with van der Waals surface area (Å²) in [5.41, 5.74) is 1.72. The third-order valence-electron chi connectivity index (χ3n) is 5.26. The van der Waals surface area contributed by atoms with E-state index in [1.807, 2.05) is 6.92 Å². The molecule has 0 atom stereocenters. The van der Waals surface area contributed by atoms with Gasteiger partial charge in [0.15, 0.2) is 0 Å². The lowest BCUT2D eigenvalue weighted by molar-refractivity contribution is 0.0890. The average Bonchev–Trinajstić information content (AvgIpc) is 3.36. The third kappa shape index (κ3) is 3.08. The number of aromatic nitrogens is 3. The van der Waals surface area contributed by atoms with Crippen molar-refractivity contribution in [3.8, 4) is 0 Å². The summed E-state index contributed by atoms with van der Waals surface area (Å²) in [5.74, 6) is 1.60. The molecule has 7 nitrogen and oxygen atoms in total. The quantitative estimate of drug-likeness (QED) is 0.916. The highest BCUT2D eigenvalue weighted by Crippen LogP contribution is 2.39. The number of aryl methyl sites for hydroxylation is 1. The highest BCUT2D eigenvalue weighted by molar-refractivity contribution is 5.92. The molecule has 0 bridgehead atoms. The van der Waals surface area contributed by atoms with Crippen molar-refractivity contribution >= 4 is 17.2 Å². The second kappa shape index (κ2) is 5.98. The molecule has 0 spiro atoms.